The van der Waals surface area contributed by atoms with E-state index in [1.807, 2.05) is 11.8 Å². The molecule has 2 rings (SSSR count). The second-order valence-corrected chi connectivity index (χ2v) is 4.96. The Labute approximate surface area is 108 Å². The van der Waals surface area contributed by atoms with Crippen LogP contribution in [0.15, 0.2) is 24.3 Å². The first-order chi connectivity index (χ1) is 8.70. The molecule has 1 fully saturated rings. The van der Waals surface area contributed by atoms with Gasteiger partial charge in [-0.3, -0.25) is 4.79 Å². The van der Waals surface area contributed by atoms with Crippen LogP contribution < -0.4 is 0 Å². The summed E-state index contributed by atoms with van der Waals surface area (Å²) < 4.78 is 12.8. The zero-order chi connectivity index (χ0) is 13.0. The lowest BCUT2D eigenvalue weighted by molar-refractivity contribution is -0.135. The quantitative estimate of drug-likeness (QED) is 0.801. The van der Waals surface area contributed by atoms with Crippen LogP contribution in [-0.4, -0.2) is 17.4 Å². The molecular weight excluding hydrogens is 229 g/mol. The molecule has 0 atom stereocenters. The summed E-state index contributed by atoms with van der Waals surface area (Å²) in [7, 11) is 0. The van der Waals surface area contributed by atoms with Gasteiger partial charge in [0.25, 0.3) is 0 Å². The number of halogens is 1. The van der Waals surface area contributed by atoms with Crippen molar-refractivity contribution in [2.24, 2.45) is 5.92 Å². The standard InChI is InChI=1S/C15H20FNO/c1-2-17(15(18)13-5-3-4-6-13)11-12-7-9-14(16)10-8-12/h7-10,13H,2-6,11H2,1H3. The molecule has 0 radical (unpaired) electrons. The van der Waals surface area contributed by atoms with Crippen LogP contribution in [0.1, 0.15) is 38.2 Å². The van der Waals surface area contributed by atoms with E-state index in [9.17, 15) is 9.18 Å². The average molecular weight is 249 g/mol. The van der Waals surface area contributed by atoms with E-state index in [0.717, 1.165) is 18.4 Å². The van der Waals surface area contributed by atoms with Crippen LogP contribution in [0.4, 0.5) is 4.39 Å². The van der Waals surface area contributed by atoms with Crippen molar-refractivity contribution < 1.29 is 9.18 Å². The summed E-state index contributed by atoms with van der Waals surface area (Å²) in [5.74, 6) is 0.244. The highest BCUT2D eigenvalue weighted by atomic mass is 19.1. The van der Waals surface area contributed by atoms with Gasteiger partial charge in [-0.15, -0.1) is 0 Å². The van der Waals surface area contributed by atoms with Crippen LogP contribution >= 0.6 is 0 Å². The molecule has 0 spiro atoms. The molecule has 0 aromatic heterocycles. The minimum absolute atomic E-state index is 0.213. The van der Waals surface area contributed by atoms with Gasteiger partial charge in [0, 0.05) is 19.0 Å². The molecule has 1 saturated carbocycles. The summed E-state index contributed by atoms with van der Waals surface area (Å²) in [6, 6.07) is 6.40. The number of benzene rings is 1. The topological polar surface area (TPSA) is 20.3 Å². The van der Waals surface area contributed by atoms with Gasteiger partial charge in [-0.25, -0.2) is 4.39 Å². The molecule has 1 aliphatic rings. The first-order valence-electron chi connectivity index (χ1n) is 6.74. The van der Waals surface area contributed by atoms with E-state index in [2.05, 4.69) is 0 Å². The molecular formula is C15H20FNO. The van der Waals surface area contributed by atoms with E-state index >= 15 is 0 Å². The fourth-order valence-electron chi connectivity index (χ4n) is 2.59. The third kappa shape index (κ3) is 3.09. The fraction of sp³-hybridized carbons (Fsp3) is 0.533. The van der Waals surface area contributed by atoms with E-state index in [4.69, 9.17) is 0 Å². The normalized spacial score (nSPS) is 15.9. The number of carbonyl (C=O) groups is 1. The molecule has 2 nitrogen and oxygen atoms in total. The molecule has 1 aromatic carbocycles. The van der Waals surface area contributed by atoms with Crippen molar-refractivity contribution in [1.82, 2.24) is 4.90 Å². The Morgan fingerprint density at radius 1 is 1.28 bits per heavy atom. The second-order valence-electron chi connectivity index (χ2n) is 4.96. The van der Waals surface area contributed by atoms with E-state index in [0.29, 0.717) is 13.1 Å². The van der Waals surface area contributed by atoms with E-state index in [1.165, 1.54) is 25.0 Å². The summed E-state index contributed by atoms with van der Waals surface area (Å²) >= 11 is 0. The minimum Gasteiger partial charge on any atom is -0.338 e. The van der Waals surface area contributed by atoms with Gasteiger partial charge >= 0.3 is 0 Å². The van der Waals surface area contributed by atoms with Crippen LogP contribution in [0, 0.1) is 11.7 Å². The molecule has 1 aliphatic carbocycles. The Balaban J connectivity index is 2.00. The molecule has 0 aliphatic heterocycles. The first kappa shape index (κ1) is 13.1. The van der Waals surface area contributed by atoms with Crippen molar-refractivity contribution >= 4 is 5.91 Å². The number of nitrogens with zero attached hydrogens (tertiary/aromatic N) is 1. The number of amides is 1. The average Bonchev–Trinajstić information content (AvgIpc) is 2.91. The highest BCUT2D eigenvalue weighted by Crippen LogP contribution is 2.27. The maximum absolute atomic E-state index is 12.8. The smallest absolute Gasteiger partial charge is 0.225 e. The van der Waals surface area contributed by atoms with Crippen molar-refractivity contribution in [3.63, 3.8) is 0 Å². The Bertz CT molecular complexity index is 395. The largest absolute Gasteiger partial charge is 0.338 e. The number of hydrogen-bond acceptors (Lipinski definition) is 1. The Morgan fingerprint density at radius 3 is 2.44 bits per heavy atom. The third-order valence-electron chi connectivity index (χ3n) is 3.68. The summed E-state index contributed by atoms with van der Waals surface area (Å²) in [6.45, 7) is 3.30. The van der Waals surface area contributed by atoms with Crippen molar-refractivity contribution in [3.05, 3.63) is 35.6 Å². The molecule has 0 N–H and O–H groups in total. The lowest BCUT2D eigenvalue weighted by Gasteiger charge is -2.24. The molecule has 1 aromatic rings. The van der Waals surface area contributed by atoms with E-state index < -0.39 is 0 Å². The van der Waals surface area contributed by atoms with E-state index in [-0.39, 0.29) is 17.6 Å². The van der Waals surface area contributed by atoms with Crippen LogP contribution in [-0.2, 0) is 11.3 Å². The lowest BCUT2D eigenvalue weighted by Crippen LogP contribution is -2.34. The number of hydrogen-bond donors (Lipinski definition) is 0. The molecule has 0 heterocycles. The molecule has 18 heavy (non-hydrogen) atoms. The van der Waals surface area contributed by atoms with Gasteiger partial charge in [0.05, 0.1) is 0 Å². The van der Waals surface area contributed by atoms with Crippen LogP contribution in [0.2, 0.25) is 0 Å². The lowest BCUT2D eigenvalue weighted by atomic mass is 10.1. The maximum Gasteiger partial charge on any atom is 0.225 e. The van der Waals surface area contributed by atoms with Gasteiger partial charge in [-0.05, 0) is 37.5 Å². The minimum atomic E-state index is -0.232. The summed E-state index contributed by atoms with van der Waals surface area (Å²) in [6.07, 6.45) is 4.40. The summed E-state index contributed by atoms with van der Waals surface area (Å²) in [5.41, 5.74) is 0.990. The number of rotatable bonds is 4. The van der Waals surface area contributed by atoms with Crippen LogP contribution in [0.5, 0.6) is 0 Å². The zero-order valence-electron chi connectivity index (χ0n) is 10.9. The Kier molecular flexibility index (Phi) is 4.34. The predicted molar refractivity (Wildman–Crippen MR) is 69.4 cm³/mol. The van der Waals surface area contributed by atoms with Crippen molar-refractivity contribution in [1.29, 1.82) is 0 Å². The Hall–Kier alpha value is -1.38. The van der Waals surface area contributed by atoms with Gasteiger partial charge in [0.2, 0.25) is 5.91 Å². The van der Waals surface area contributed by atoms with Crippen LogP contribution in [0.25, 0.3) is 0 Å². The molecule has 98 valence electrons. The molecule has 0 saturated heterocycles. The van der Waals surface area contributed by atoms with E-state index in [1.54, 1.807) is 12.1 Å². The second kappa shape index (κ2) is 5.98. The van der Waals surface area contributed by atoms with Gasteiger partial charge in [-0.1, -0.05) is 25.0 Å². The van der Waals surface area contributed by atoms with Crippen molar-refractivity contribution in [3.8, 4) is 0 Å². The Morgan fingerprint density at radius 2 is 1.89 bits per heavy atom. The highest BCUT2D eigenvalue weighted by Gasteiger charge is 2.26. The van der Waals surface area contributed by atoms with Crippen molar-refractivity contribution in [2.45, 2.75) is 39.2 Å². The summed E-state index contributed by atoms with van der Waals surface area (Å²) in [5, 5.41) is 0. The maximum atomic E-state index is 12.8. The van der Waals surface area contributed by atoms with Crippen molar-refractivity contribution in [2.75, 3.05) is 6.54 Å². The summed E-state index contributed by atoms with van der Waals surface area (Å²) in [4.78, 5) is 14.2. The molecule has 3 heteroatoms. The molecule has 0 unspecified atom stereocenters. The SMILES string of the molecule is CCN(Cc1ccc(F)cc1)C(=O)C1CCCC1. The van der Waals surface area contributed by atoms with Gasteiger partial charge in [-0.2, -0.15) is 0 Å². The first-order valence-corrected chi connectivity index (χ1v) is 6.74. The monoisotopic (exact) mass is 249 g/mol. The van der Waals surface area contributed by atoms with Crippen LogP contribution in [0.3, 0.4) is 0 Å². The van der Waals surface area contributed by atoms with Gasteiger partial charge in [0.15, 0.2) is 0 Å². The third-order valence-corrected chi connectivity index (χ3v) is 3.68. The van der Waals surface area contributed by atoms with Gasteiger partial charge < -0.3 is 4.90 Å². The number of carbonyl (C=O) groups excluding carboxylic acids is 1. The molecule has 0 bridgehead atoms. The molecule has 1 amide bonds. The zero-order valence-corrected chi connectivity index (χ0v) is 10.9. The fourth-order valence-corrected chi connectivity index (χ4v) is 2.59. The van der Waals surface area contributed by atoms with Gasteiger partial charge in [0.1, 0.15) is 5.82 Å². The predicted octanol–water partition coefficient (Wildman–Crippen LogP) is 3.36. The highest BCUT2D eigenvalue weighted by molar-refractivity contribution is 5.79.